The number of para-hydroxylation sites is 1. The first-order chi connectivity index (χ1) is 10.1. The summed E-state index contributed by atoms with van der Waals surface area (Å²) in [6.45, 7) is 0.349. The number of thiophene rings is 1. The summed E-state index contributed by atoms with van der Waals surface area (Å²) in [4.78, 5) is 3.18. The van der Waals surface area contributed by atoms with Crippen LogP contribution in [0.1, 0.15) is 5.56 Å². The van der Waals surface area contributed by atoms with Gasteiger partial charge >= 0.3 is 0 Å². The Kier molecular flexibility index (Phi) is 3.71. The van der Waals surface area contributed by atoms with Crippen LogP contribution in [0.4, 0.5) is 5.69 Å². The number of fused-ring (bicyclic) bond motifs is 1. The van der Waals surface area contributed by atoms with Gasteiger partial charge in [-0.2, -0.15) is 0 Å². The van der Waals surface area contributed by atoms with Crippen LogP contribution in [0, 0.1) is 0 Å². The number of aromatic amines is 1. The summed E-state index contributed by atoms with van der Waals surface area (Å²) in [5.74, 6) is 0. The Morgan fingerprint density at radius 2 is 2.10 bits per heavy atom. The molecule has 0 spiro atoms. The lowest BCUT2D eigenvalue weighted by Gasteiger charge is -2.04. The molecule has 0 atom stereocenters. The molecule has 0 aliphatic rings. The van der Waals surface area contributed by atoms with Gasteiger partial charge in [-0.25, -0.2) is 13.1 Å². The molecule has 110 valence electrons. The predicted octanol–water partition coefficient (Wildman–Crippen LogP) is 2.33. The highest BCUT2D eigenvalue weighted by Gasteiger charge is 2.15. The number of rotatable bonds is 5. The van der Waals surface area contributed by atoms with Crippen LogP contribution in [0.3, 0.4) is 0 Å². The van der Waals surface area contributed by atoms with Gasteiger partial charge in [0.15, 0.2) is 0 Å². The van der Waals surface area contributed by atoms with Gasteiger partial charge in [-0.3, -0.25) is 0 Å². The first kappa shape index (κ1) is 14.1. The molecule has 0 bridgehead atoms. The molecule has 4 N–H and O–H groups in total. The van der Waals surface area contributed by atoms with E-state index >= 15 is 0 Å². The van der Waals surface area contributed by atoms with Crippen LogP contribution in [0.25, 0.3) is 10.9 Å². The third-order valence-electron chi connectivity index (χ3n) is 3.22. The Morgan fingerprint density at radius 3 is 2.86 bits per heavy atom. The fourth-order valence-electron chi connectivity index (χ4n) is 2.20. The van der Waals surface area contributed by atoms with E-state index in [1.807, 2.05) is 30.5 Å². The van der Waals surface area contributed by atoms with Crippen molar-refractivity contribution in [2.45, 2.75) is 10.6 Å². The summed E-state index contributed by atoms with van der Waals surface area (Å²) in [6, 6.07) is 9.43. The summed E-state index contributed by atoms with van der Waals surface area (Å²) >= 11 is 1.13. The molecule has 0 radical (unpaired) electrons. The van der Waals surface area contributed by atoms with Crippen LogP contribution in [-0.4, -0.2) is 19.9 Å². The molecule has 2 heterocycles. The average molecular weight is 321 g/mol. The van der Waals surface area contributed by atoms with Gasteiger partial charge in [-0.15, -0.1) is 11.3 Å². The molecule has 0 unspecified atom stereocenters. The van der Waals surface area contributed by atoms with Crippen molar-refractivity contribution in [1.82, 2.24) is 9.71 Å². The van der Waals surface area contributed by atoms with Crippen molar-refractivity contribution >= 4 is 38.0 Å². The Balaban J connectivity index is 1.69. The Labute approximate surface area is 126 Å². The number of nitrogen functional groups attached to an aromatic ring is 1. The molecule has 0 aliphatic heterocycles. The highest BCUT2D eigenvalue weighted by molar-refractivity contribution is 7.91. The molecule has 0 aliphatic carbocycles. The molecule has 21 heavy (non-hydrogen) atoms. The van der Waals surface area contributed by atoms with Gasteiger partial charge in [-0.05, 0) is 24.1 Å². The summed E-state index contributed by atoms with van der Waals surface area (Å²) < 4.78 is 27.0. The number of hydrogen-bond donors (Lipinski definition) is 3. The van der Waals surface area contributed by atoms with Crippen molar-refractivity contribution in [1.29, 1.82) is 0 Å². The molecule has 7 heteroatoms. The SMILES string of the molecule is Nc1csc(S(=O)(=O)NCCc2c[nH]c3ccccc23)c1. The van der Waals surface area contributed by atoms with Crippen molar-refractivity contribution in [3.8, 4) is 0 Å². The van der Waals surface area contributed by atoms with Crippen LogP contribution in [0.2, 0.25) is 0 Å². The first-order valence-corrected chi connectivity index (χ1v) is 8.81. The zero-order chi connectivity index (χ0) is 14.9. The van der Waals surface area contributed by atoms with Gasteiger partial charge in [0.2, 0.25) is 10.0 Å². The Morgan fingerprint density at radius 1 is 1.29 bits per heavy atom. The van der Waals surface area contributed by atoms with Crippen molar-refractivity contribution in [3.05, 3.63) is 47.5 Å². The first-order valence-electron chi connectivity index (χ1n) is 6.45. The average Bonchev–Trinajstić information content (AvgIpc) is 3.06. The van der Waals surface area contributed by atoms with E-state index in [0.717, 1.165) is 27.8 Å². The molecule has 5 nitrogen and oxygen atoms in total. The second kappa shape index (κ2) is 5.51. The predicted molar refractivity (Wildman–Crippen MR) is 85.9 cm³/mol. The zero-order valence-corrected chi connectivity index (χ0v) is 12.8. The van der Waals surface area contributed by atoms with E-state index in [1.54, 1.807) is 5.38 Å². The number of aromatic nitrogens is 1. The van der Waals surface area contributed by atoms with Crippen molar-refractivity contribution in [2.75, 3.05) is 12.3 Å². The third kappa shape index (κ3) is 2.94. The van der Waals surface area contributed by atoms with Gasteiger partial charge in [0.25, 0.3) is 0 Å². The van der Waals surface area contributed by atoms with Crippen LogP contribution >= 0.6 is 11.3 Å². The highest BCUT2D eigenvalue weighted by atomic mass is 32.2. The molecule has 0 saturated heterocycles. The maximum Gasteiger partial charge on any atom is 0.250 e. The lowest BCUT2D eigenvalue weighted by molar-refractivity contribution is 0.584. The van der Waals surface area contributed by atoms with Gasteiger partial charge < -0.3 is 10.7 Å². The van der Waals surface area contributed by atoms with E-state index in [4.69, 9.17) is 5.73 Å². The second-order valence-corrected chi connectivity index (χ2v) is 7.61. The van der Waals surface area contributed by atoms with Crippen LogP contribution in [0.15, 0.2) is 46.1 Å². The molecular weight excluding hydrogens is 306 g/mol. The number of nitrogens with two attached hydrogens (primary N) is 1. The van der Waals surface area contributed by atoms with E-state index in [2.05, 4.69) is 9.71 Å². The maximum absolute atomic E-state index is 12.1. The molecule has 0 fully saturated rings. The maximum atomic E-state index is 12.1. The Bertz CT molecular complexity index is 865. The normalized spacial score (nSPS) is 12.0. The summed E-state index contributed by atoms with van der Waals surface area (Å²) in [5.41, 5.74) is 8.18. The zero-order valence-electron chi connectivity index (χ0n) is 11.2. The van der Waals surface area contributed by atoms with Crippen molar-refractivity contribution in [2.24, 2.45) is 0 Å². The molecule has 0 saturated carbocycles. The van der Waals surface area contributed by atoms with E-state index in [9.17, 15) is 8.42 Å². The standard InChI is InChI=1S/C14H15N3O2S2/c15-11-7-14(20-9-11)21(18,19)17-6-5-10-8-16-13-4-2-1-3-12(10)13/h1-4,7-9,16-17H,5-6,15H2. The van der Waals surface area contributed by atoms with Crippen molar-refractivity contribution in [3.63, 3.8) is 0 Å². The molecule has 1 aromatic carbocycles. The van der Waals surface area contributed by atoms with Gasteiger partial charge in [0.1, 0.15) is 4.21 Å². The van der Waals surface area contributed by atoms with Crippen molar-refractivity contribution < 1.29 is 8.42 Å². The molecular formula is C14H15N3O2S2. The van der Waals surface area contributed by atoms with E-state index in [1.165, 1.54) is 6.07 Å². The number of benzene rings is 1. The number of hydrogen-bond acceptors (Lipinski definition) is 4. The van der Waals surface area contributed by atoms with E-state index in [-0.39, 0.29) is 4.21 Å². The molecule has 3 aromatic rings. The number of anilines is 1. The number of nitrogens with one attached hydrogen (secondary N) is 2. The quantitative estimate of drug-likeness (QED) is 0.674. The lowest BCUT2D eigenvalue weighted by atomic mass is 10.1. The summed E-state index contributed by atoms with van der Waals surface area (Å²) in [7, 11) is -3.47. The number of sulfonamides is 1. The summed E-state index contributed by atoms with van der Waals surface area (Å²) in [6.07, 6.45) is 2.55. The Hall–Kier alpha value is -1.83. The summed E-state index contributed by atoms with van der Waals surface area (Å²) in [5, 5.41) is 2.74. The van der Waals surface area contributed by atoms with Gasteiger partial charge in [0, 0.05) is 34.7 Å². The van der Waals surface area contributed by atoms with Crippen LogP contribution in [-0.2, 0) is 16.4 Å². The smallest absolute Gasteiger partial charge is 0.250 e. The minimum Gasteiger partial charge on any atom is -0.398 e. The van der Waals surface area contributed by atoms with Crippen LogP contribution in [0.5, 0.6) is 0 Å². The second-order valence-electron chi connectivity index (χ2n) is 4.71. The highest BCUT2D eigenvalue weighted by Crippen LogP contribution is 2.22. The van der Waals surface area contributed by atoms with E-state index < -0.39 is 10.0 Å². The van der Waals surface area contributed by atoms with E-state index in [0.29, 0.717) is 18.7 Å². The minimum absolute atomic E-state index is 0.249. The number of H-pyrrole nitrogens is 1. The fourth-order valence-corrected chi connectivity index (χ4v) is 4.36. The third-order valence-corrected chi connectivity index (χ3v) is 6.14. The lowest BCUT2D eigenvalue weighted by Crippen LogP contribution is -2.25. The monoisotopic (exact) mass is 321 g/mol. The van der Waals surface area contributed by atoms with Crippen LogP contribution < -0.4 is 10.5 Å². The molecule has 0 amide bonds. The fraction of sp³-hybridized carbons (Fsp3) is 0.143. The van der Waals surface area contributed by atoms with Gasteiger partial charge in [0.05, 0.1) is 0 Å². The largest absolute Gasteiger partial charge is 0.398 e. The minimum atomic E-state index is -3.47. The topological polar surface area (TPSA) is 88.0 Å². The van der Waals surface area contributed by atoms with Gasteiger partial charge in [-0.1, -0.05) is 18.2 Å². The molecule has 2 aromatic heterocycles. The molecule has 3 rings (SSSR count).